The van der Waals surface area contributed by atoms with E-state index >= 15 is 0 Å². The molecular weight excluding hydrogens is 428 g/mol. The van der Waals surface area contributed by atoms with Crippen LogP contribution in [0.1, 0.15) is 69.9 Å². The highest BCUT2D eigenvalue weighted by Gasteiger charge is 2.43. The lowest BCUT2D eigenvalue weighted by molar-refractivity contribution is -0.0134. The molecule has 2 aromatic rings. The minimum Gasteiger partial charge on any atom is -0.497 e. The van der Waals surface area contributed by atoms with Gasteiger partial charge in [0.25, 0.3) is 0 Å². The van der Waals surface area contributed by atoms with Crippen LogP contribution in [-0.2, 0) is 0 Å². The van der Waals surface area contributed by atoms with Gasteiger partial charge in [-0.05, 0) is 86.1 Å². The quantitative estimate of drug-likeness (QED) is 0.571. The molecule has 4 heterocycles. The topological polar surface area (TPSA) is 49.4 Å². The molecule has 4 aliphatic rings. The highest BCUT2D eigenvalue weighted by Crippen LogP contribution is 2.43. The number of hydrogen-bond donors (Lipinski definition) is 2. The van der Waals surface area contributed by atoms with Crippen LogP contribution >= 0.6 is 12.2 Å². The molecule has 2 N–H and O–H groups in total. The fraction of sp³-hybridized carbons (Fsp3) is 0.630. The number of aromatic nitrogens is 1. The Morgan fingerprint density at radius 2 is 2.06 bits per heavy atom. The fourth-order valence-electron chi connectivity index (χ4n) is 6.53. The average Bonchev–Trinajstić information content (AvgIpc) is 2.87. The van der Waals surface area contributed by atoms with Crippen LogP contribution in [0.4, 0.5) is 0 Å². The maximum Gasteiger partial charge on any atom is 0.167 e. The van der Waals surface area contributed by atoms with Crippen molar-refractivity contribution >= 4 is 28.2 Å². The number of nitrogens with zero attached hydrogens (tertiary/aromatic N) is 2. The van der Waals surface area contributed by atoms with Gasteiger partial charge in [0, 0.05) is 30.2 Å². The third-order valence-electron chi connectivity index (χ3n) is 8.39. The highest BCUT2D eigenvalue weighted by molar-refractivity contribution is 7.80. The number of pyridine rings is 1. The smallest absolute Gasteiger partial charge is 0.167 e. The van der Waals surface area contributed by atoms with Crippen LogP contribution in [0, 0.1) is 11.8 Å². The van der Waals surface area contributed by atoms with Crippen molar-refractivity contribution in [2.45, 2.75) is 76.4 Å². The van der Waals surface area contributed by atoms with Gasteiger partial charge in [0.2, 0.25) is 0 Å². The molecule has 1 aromatic heterocycles. The monoisotopic (exact) mass is 466 g/mol. The number of thiocarbonyl (C=S) groups is 1. The van der Waals surface area contributed by atoms with Crippen molar-refractivity contribution in [3.63, 3.8) is 0 Å². The number of methoxy groups -OCH3 is 1. The van der Waals surface area contributed by atoms with E-state index in [0.717, 1.165) is 33.6 Å². The molecule has 1 aliphatic carbocycles. The lowest BCUT2D eigenvalue weighted by Gasteiger charge is -2.52. The molecular formula is C27H38N4OS. The Hall–Kier alpha value is -1.92. The number of hydrogen-bond acceptors (Lipinski definition) is 4. The standard InChI is InChI=1S/C27H38N4OS/c1-3-18-17-31-14-12-19(18)15-25(31)26(30-27(33)29-20-7-5-4-6-8-20)22-11-13-28-24-10-9-21(32-2)16-23(22)24/h9-11,13,16,18-20,25-26H,3-8,12,14-15,17H2,1-2H3,(H2,29,30,33). The summed E-state index contributed by atoms with van der Waals surface area (Å²) in [7, 11) is 1.73. The van der Waals surface area contributed by atoms with Crippen LogP contribution < -0.4 is 15.4 Å². The molecule has 0 radical (unpaired) electrons. The lowest BCUT2D eigenvalue weighted by atomic mass is 9.72. The van der Waals surface area contributed by atoms with E-state index in [1.54, 1.807) is 7.11 Å². The molecule has 3 aliphatic heterocycles. The molecule has 3 saturated heterocycles. The lowest BCUT2D eigenvalue weighted by Crippen LogP contribution is -2.58. The van der Waals surface area contributed by atoms with Crippen LogP contribution in [0.5, 0.6) is 5.75 Å². The molecule has 5 atom stereocenters. The molecule has 1 aromatic carbocycles. The van der Waals surface area contributed by atoms with Crippen LogP contribution in [0.2, 0.25) is 0 Å². The summed E-state index contributed by atoms with van der Waals surface area (Å²) in [6.07, 6.45) is 12.2. The van der Waals surface area contributed by atoms with Crippen LogP contribution in [0.15, 0.2) is 30.5 Å². The predicted octanol–water partition coefficient (Wildman–Crippen LogP) is 5.20. The molecule has 1 saturated carbocycles. The van der Waals surface area contributed by atoms with Gasteiger partial charge in [-0.25, -0.2) is 0 Å². The summed E-state index contributed by atoms with van der Waals surface area (Å²) in [6.45, 7) is 4.75. The van der Waals surface area contributed by atoms with E-state index in [9.17, 15) is 0 Å². The predicted molar refractivity (Wildman–Crippen MR) is 139 cm³/mol. The van der Waals surface area contributed by atoms with Crippen molar-refractivity contribution in [2.24, 2.45) is 11.8 Å². The maximum absolute atomic E-state index is 5.90. The first-order valence-corrected chi connectivity index (χ1v) is 13.3. The average molecular weight is 467 g/mol. The molecule has 6 heteroatoms. The summed E-state index contributed by atoms with van der Waals surface area (Å²) >= 11 is 5.90. The number of fused-ring (bicyclic) bond motifs is 4. The summed E-state index contributed by atoms with van der Waals surface area (Å²) in [5.74, 6) is 2.52. The van der Waals surface area contributed by atoms with Gasteiger partial charge in [-0.15, -0.1) is 0 Å². The molecule has 4 fully saturated rings. The first kappa shape index (κ1) is 22.9. The van der Waals surface area contributed by atoms with Crippen molar-refractivity contribution in [1.82, 2.24) is 20.5 Å². The van der Waals surface area contributed by atoms with Gasteiger partial charge in [-0.3, -0.25) is 9.88 Å². The zero-order valence-electron chi connectivity index (χ0n) is 20.1. The minimum absolute atomic E-state index is 0.131. The second kappa shape index (κ2) is 10.1. The summed E-state index contributed by atoms with van der Waals surface area (Å²) < 4.78 is 5.57. The molecule has 5 nitrogen and oxygen atoms in total. The molecule has 0 spiro atoms. The summed E-state index contributed by atoms with van der Waals surface area (Å²) in [5.41, 5.74) is 2.28. The van der Waals surface area contributed by atoms with Crippen molar-refractivity contribution in [3.05, 3.63) is 36.0 Å². The van der Waals surface area contributed by atoms with Gasteiger partial charge < -0.3 is 15.4 Å². The fourth-order valence-corrected chi connectivity index (χ4v) is 6.82. The van der Waals surface area contributed by atoms with Crippen LogP contribution in [0.3, 0.4) is 0 Å². The number of rotatable bonds is 6. The number of piperidine rings is 3. The molecule has 33 heavy (non-hydrogen) atoms. The number of ether oxygens (including phenoxy) is 1. The third kappa shape index (κ3) is 4.83. The van der Waals surface area contributed by atoms with Gasteiger partial charge in [0.15, 0.2) is 5.11 Å². The van der Waals surface area contributed by atoms with E-state index in [1.165, 1.54) is 70.0 Å². The van der Waals surface area contributed by atoms with Crippen LogP contribution in [-0.4, -0.2) is 47.3 Å². The van der Waals surface area contributed by atoms with Gasteiger partial charge in [-0.2, -0.15) is 0 Å². The second-order valence-corrected chi connectivity index (χ2v) is 10.6. The van der Waals surface area contributed by atoms with Crippen molar-refractivity contribution in [1.29, 1.82) is 0 Å². The molecule has 178 valence electrons. The van der Waals surface area contributed by atoms with Crippen LogP contribution in [0.25, 0.3) is 10.9 Å². The maximum atomic E-state index is 5.90. The molecule has 2 bridgehead atoms. The summed E-state index contributed by atoms with van der Waals surface area (Å²) in [4.78, 5) is 7.37. The summed E-state index contributed by atoms with van der Waals surface area (Å²) in [5, 5.41) is 9.42. The summed E-state index contributed by atoms with van der Waals surface area (Å²) in [6, 6.07) is 9.45. The third-order valence-corrected chi connectivity index (χ3v) is 8.63. The Morgan fingerprint density at radius 3 is 2.79 bits per heavy atom. The SMILES string of the molecule is CCC1CN2CCC1CC2C(NC(=S)NC1CCCCC1)c1ccnc2ccc(OC)cc12. The Morgan fingerprint density at radius 1 is 1.21 bits per heavy atom. The minimum atomic E-state index is 0.131. The number of benzene rings is 1. The Balaban J connectivity index is 1.47. The number of nitrogens with one attached hydrogen (secondary N) is 2. The van der Waals surface area contributed by atoms with E-state index in [2.05, 4.69) is 45.6 Å². The largest absolute Gasteiger partial charge is 0.497 e. The van der Waals surface area contributed by atoms with Gasteiger partial charge in [-0.1, -0.05) is 32.6 Å². The molecule has 6 rings (SSSR count). The normalized spacial score (nSPS) is 28.4. The zero-order valence-corrected chi connectivity index (χ0v) is 20.9. The van der Waals surface area contributed by atoms with Crippen molar-refractivity contribution < 1.29 is 4.74 Å². The van der Waals surface area contributed by atoms with E-state index in [-0.39, 0.29) is 6.04 Å². The van der Waals surface area contributed by atoms with Crippen molar-refractivity contribution in [3.8, 4) is 5.75 Å². The van der Waals surface area contributed by atoms with E-state index in [4.69, 9.17) is 17.0 Å². The molecule has 0 amide bonds. The Kier molecular flexibility index (Phi) is 7.02. The second-order valence-electron chi connectivity index (χ2n) is 10.2. The highest BCUT2D eigenvalue weighted by atomic mass is 32.1. The van der Waals surface area contributed by atoms with Gasteiger partial charge >= 0.3 is 0 Å². The Labute approximate surface area is 203 Å². The Bertz CT molecular complexity index is 976. The van der Waals surface area contributed by atoms with E-state index in [1.807, 2.05) is 12.3 Å². The van der Waals surface area contributed by atoms with Gasteiger partial charge in [0.1, 0.15) is 5.75 Å². The van der Waals surface area contributed by atoms with Gasteiger partial charge in [0.05, 0.1) is 18.7 Å². The van der Waals surface area contributed by atoms with Crippen molar-refractivity contribution in [2.75, 3.05) is 20.2 Å². The van der Waals surface area contributed by atoms with E-state index < -0.39 is 0 Å². The first-order valence-electron chi connectivity index (χ1n) is 12.9. The molecule has 5 unspecified atom stereocenters. The van der Waals surface area contributed by atoms with E-state index in [0.29, 0.717) is 12.1 Å². The first-order chi connectivity index (χ1) is 16.2. The zero-order chi connectivity index (χ0) is 22.8.